The molecule has 0 atom stereocenters. The van der Waals surface area contributed by atoms with Crippen molar-refractivity contribution in [1.29, 1.82) is 0 Å². The number of nitrogens with zero attached hydrogens (tertiary/aromatic N) is 1. The largest absolute Gasteiger partial charge is 0.369 e. The molecule has 1 aliphatic rings. The summed E-state index contributed by atoms with van der Waals surface area (Å²) >= 11 is 0. The predicted molar refractivity (Wildman–Crippen MR) is 57.1 cm³/mol. The average Bonchev–Trinajstić information content (AvgIpc) is 2.99. The minimum absolute atomic E-state index is 0.152. The van der Waals surface area contributed by atoms with Crippen LogP contribution in [0.15, 0.2) is 24.3 Å². The van der Waals surface area contributed by atoms with Gasteiger partial charge in [0.2, 0.25) is 0 Å². The molecule has 0 amide bonds. The van der Waals surface area contributed by atoms with Gasteiger partial charge in [0.15, 0.2) is 0 Å². The number of anilines is 1. The third-order valence-electron chi connectivity index (χ3n) is 2.61. The summed E-state index contributed by atoms with van der Waals surface area (Å²) in [5, 5.41) is 0. The van der Waals surface area contributed by atoms with E-state index in [0.29, 0.717) is 6.04 Å². The van der Waals surface area contributed by atoms with Crippen LogP contribution in [0, 0.1) is 5.82 Å². The molecular formula is C12H16FN. The molecule has 1 fully saturated rings. The number of hydrogen-bond donors (Lipinski definition) is 0. The molecule has 76 valence electrons. The van der Waals surface area contributed by atoms with E-state index in [2.05, 4.69) is 11.8 Å². The highest BCUT2D eigenvalue weighted by Gasteiger charge is 2.28. The molecule has 1 aliphatic carbocycles. The zero-order chi connectivity index (χ0) is 9.97. The van der Waals surface area contributed by atoms with E-state index in [4.69, 9.17) is 0 Å². The topological polar surface area (TPSA) is 3.24 Å². The monoisotopic (exact) mass is 193 g/mol. The molecule has 2 heteroatoms. The summed E-state index contributed by atoms with van der Waals surface area (Å²) in [6.45, 7) is 3.26. The third kappa shape index (κ3) is 2.06. The van der Waals surface area contributed by atoms with E-state index in [1.165, 1.54) is 12.8 Å². The van der Waals surface area contributed by atoms with Crippen molar-refractivity contribution in [2.45, 2.75) is 32.2 Å². The first kappa shape index (κ1) is 9.50. The highest BCUT2D eigenvalue weighted by Crippen LogP contribution is 2.31. The molecule has 0 N–H and O–H groups in total. The van der Waals surface area contributed by atoms with Crippen molar-refractivity contribution in [1.82, 2.24) is 0 Å². The van der Waals surface area contributed by atoms with Crippen LogP contribution >= 0.6 is 0 Å². The van der Waals surface area contributed by atoms with Gasteiger partial charge < -0.3 is 4.90 Å². The molecule has 0 heterocycles. The normalized spacial score (nSPS) is 15.6. The number of rotatable bonds is 4. The molecule has 2 rings (SSSR count). The maximum atomic E-state index is 12.7. The summed E-state index contributed by atoms with van der Waals surface area (Å²) in [6.07, 6.45) is 3.72. The van der Waals surface area contributed by atoms with Gasteiger partial charge in [0.1, 0.15) is 5.82 Å². The fraction of sp³-hybridized carbons (Fsp3) is 0.500. The van der Waals surface area contributed by atoms with Crippen molar-refractivity contribution >= 4 is 5.69 Å². The first-order valence-electron chi connectivity index (χ1n) is 5.33. The number of benzene rings is 1. The second-order valence-electron chi connectivity index (χ2n) is 3.90. The highest BCUT2D eigenvalue weighted by molar-refractivity contribution is 5.48. The van der Waals surface area contributed by atoms with Crippen LogP contribution in [0.25, 0.3) is 0 Å². The second-order valence-corrected chi connectivity index (χ2v) is 3.90. The standard InChI is InChI=1S/C12H16FN/c1-2-9-14(12-7-8-12)11-5-3-10(13)4-6-11/h3-6,12H,2,7-9H2,1H3. The highest BCUT2D eigenvalue weighted by atomic mass is 19.1. The number of hydrogen-bond acceptors (Lipinski definition) is 1. The minimum atomic E-state index is -0.152. The Kier molecular flexibility index (Phi) is 2.71. The molecule has 0 radical (unpaired) electrons. The Morgan fingerprint density at radius 3 is 2.43 bits per heavy atom. The molecule has 0 bridgehead atoms. The van der Waals surface area contributed by atoms with E-state index in [1.54, 1.807) is 12.1 Å². The lowest BCUT2D eigenvalue weighted by atomic mass is 10.2. The molecule has 1 nitrogen and oxygen atoms in total. The van der Waals surface area contributed by atoms with Crippen LogP contribution in [-0.2, 0) is 0 Å². The fourth-order valence-corrected chi connectivity index (χ4v) is 1.78. The summed E-state index contributed by atoms with van der Waals surface area (Å²) in [7, 11) is 0. The quantitative estimate of drug-likeness (QED) is 0.709. The Hall–Kier alpha value is -1.05. The summed E-state index contributed by atoms with van der Waals surface area (Å²) in [5.41, 5.74) is 1.16. The molecule has 0 unspecified atom stereocenters. The molecular weight excluding hydrogens is 177 g/mol. The van der Waals surface area contributed by atoms with Crippen molar-refractivity contribution in [3.05, 3.63) is 30.1 Å². The van der Waals surface area contributed by atoms with Crippen molar-refractivity contribution in [3.8, 4) is 0 Å². The third-order valence-corrected chi connectivity index (χ3v) is 2.61. The lowest BCUT2D eigenvalue weighted by Gasteiger charge is -2.23. The molecule has 0 aromatic heterocycles. The van der Waals surface area contributed by atoms with Gasteiger partial charge in [-0.25, -0.2) is 4.39 Å². The van der Waals surface area contributed by atoms with E-state index < -0.39 is 0 Å². The van der Waals surface area contributed by atoms with Crippen LogP contribution in [0.3, 0.4) is 0 Å². The van der Waals surface area contributed by atoms with E-state index in [1.807, 2.05) is 12.1 Å². The Bertz CT molecular complexity index is 290. The lowest BCUT2D eigenvalue weighted by Crippen LogP contribution is -2.26. The smallest absolute Gasteiger partial charge is 0.123 e. The van der Waals surface area contributed by atoms with Gasteiger partial charge in [-0.1, -0.05) is 6.92 Å². The maximum Gasteiger partial charge on any atom is 0.123 e. The first-order valence-corrected chi connectivity index (χ1v) is 5.33. The van der Waals surface area contributed by atoms with Gasteiger partial charge in [0, 0.05) is 18.3 Å². The van der Waals surface area contributed by atoms with E-state index >= 15 is 0 Å². The van der Waals surface area contributed by atoms with E-state index in [-0.39, 0.29) is 5.82 Å². The van der Waals surface area contributed by atoms with Gasteiger partial charge in [-0.2, -0.15) is 0 Å². The Morgan fingerprint density at radius 2 is 1.93 bits per heavy atom. The van der Waals surface area contributed by atoms with Crippen molar-refractivity contribution in [2.75, 3.05) is 11.4 Å². The molecule has 0 saturated heterocycles. The Morgan fingerprint density at radius 1 is 1.29 bits per heavy atom. The van der Waals surface area contributed by atoms with Gasteiger partial charge in [-0.15, -0.1) is 0 Å². The molecule has 1 aromatic rings. The van der Waals surface area contributed by atoms with Crippen LogP contribution in [0.2, 0.25) is 0 Å². The van der Waals surface area contributed by atoms with Crippen LogP contribution in [0.1, 0.15) is 26.2 Å². The summed E-state index contributed by atoms with van der Waals surface area (Å²) < 4.78 is 12.7. The molecule has 14 heavy (non-hydrogen) atoms. The van der Waals surface area contributed by atoms with E-state index in [0.717, 1.165) is 18.7 Å². The van der Waals surface area contributed by atoms with Crippen molar-refractivity contribution in [2.24, 2.45) is 0 Å². The maximum absolute atomic E-state index is 12.7. The molecule has 1 aromatic carbocycles. The van der Waals surface area contributed by atoms with E-state index in [9.17, 15) is 4.39 Å². The average molecular weight is 193 g/mol. The van der Waals surface area contributed by atoms with Gasteiger partial charge >= 0.3 is 0 Å². The molecule has 1 saturated carbocycles. The van der Waals surface area contributed by atoms with Crippen molar-refractivity contribution < 1.29 is 4.39 Å². The summed E-state index contributed by atoms with van der Waals surface area (Å²) in [6, 6.07) is 7.55. The first-order chi connectivity index (χ1) is 6.81. The van der Waals surface area contributed by atoms with Crippen LogP contribution in [0.4, 0.5) is 10.1 Å². The minimum Gasteiger partial charge on any atom is -0.369 e. The predicted octanol–water partition coefficient (Wildman–Crippen LogP) is 3.20. The molecule has 0 spiro atoms. The summed E-state index contributed by atoms with van der Waals surface area (Å²) in [5.74, 6) is -0.152. The van der Waals surface area contributed by atoms with Gasteiger partial charge in [0.25, 0.3) is 0 Å². The number of halogens is 1. The fourth-order valence-electron chi connectivity index (χ4n) is 1.78. The van der Waals surface area contributed by atoms with Gasteiger partial charge in [-0.05, 0) is 43.5 Å². The zero-order valence-electron chi connectivity index (χ0n) is 8.54. The Labute approximate surface area is 84.5 Å². The molecule has 0 aliphatic heterocycles. The Balaban J connectivity index is 2.13. The van der Waals surface area contributed by atoms with Crippen molar-refractivity contribution in [3.63, 3.8) is 0 Å². The van der Waals surface area contributed by atoms with Gasteiger partial charge in [0.05, 0.1) is 0 Å². The SMILES string of the molecule is CCCN(c1ccc(F)cc1)C1CC1. The van der Waals surface area contributed by atoms with Crippen LogP contribution in [0.5, 0.6) is 0 Å². The lowest BCUT2D eigenvalue weighted by molar-refractivity contribution is 0.627. The van der Waals surface area contributed by atoms with Crippen LogP contribution in [-0.4, -0.2) is 12.6 Å². The summed E-state index contributed by atoms with van der Waals surface area (Å²) in [4.78, 5) is 2.39. The zero-order valence-corrected chi connectivity index (χ0v) is 8.54. The second kappa shape index (κ2) is 3.99. The van der Waals surface area contributed by atoms with Crippen LogP contribution < -0.4 is 4.90 Å². The van der Waals surface area contributed by atoms with Gasteiger partial charge in [-0.3, -0.25) is 0 Å².